The van der Waals surface area contributed by atoms with Crippen LogP contribution in [0.5, 0.6) is 0 Å². The number of guanidine groups is 1. The molecule has 0 bridgehead atoms. The Labute approximate surface area is 184 Å². The molecule has 1 amide bonds. The molecule has 160 valence electrons. The standard InChI is InChI=1S/C17H29N5O4S.HI/c1-4-22(27(3,24)25)9-6-8-19-17(18-2)21-12-10-20(11-13-21)16(23)15-7-5-14-26-15;/h5,7,14H,4,6,8-13H2,1-3H3,(H,18,19);1H. The van der Waals surface area contributed by atoms with Gasteiger partial charge in [-0.3, -0.25) is 9.79 Å². The van der Waals surface area contributed by atoms with Gasteiger partial charge in [0.25, 0.3) is 5.91 Å². The van der Waals surface area contributed by atoms with Crippen molar-refractivity contribution in [3.05, 3.63) is 24.2 Å². The molecule has 2 heterocycles. The molecule has 0 saturated carbocycles. The van der Waals surface area contributed by atoms with E-state index in [-0.39, 0.29) is 29.9 Å². The molecule has 1 fully saturated rings. The van der Waals surface area contributed by atoms with Crippen LogP contribution in [-0.4, -0.2) is 93.5 Å². The first-order chi connectivity index (χ1) is 12.9. The van der Waals surface area contributed by atoms with Crippen molar-refractivity contribution in [1.29, 1.82) is 0 Å². The Morgan fingerprint density at radius 1 is 1.29 bits per heavy atom. The minimum atomic E-state index is -3.15. The minimum Gasteiger partial charge on any atom is -0.459 e. The summed E-state index contributed by atoms with van der Waals surface area (Å²) >= 11 is 0. The molecular formula is C17H30IN5O4S. The second-order valence-corrected chi connectivity index (χ2v) is 8.32. The van der Waals surface area contributed by atoms with Gasteiger partial charge in [-0.15, -0.1) is 24.0 Å². The smallest absolute Gasteiger partial charge is 0.289 e. The summed E-state index contributed by atoms with van der Waals surface area (Å²) in [7, 11) is -1.44. The first-order valence-electron chi connectivity index (χ1n) is 9.10. The summed E-state index contributed by atoms with van der Waals surface area (Å²) in [5, 5.41) is 3.27. The molecule has 11 heteroatoms. The van der Waals surface area contributed by atoms with Crippen LogP contribution in [-0.2, 0) is 10.0 Å². The highest BCUT2D eigenvalue weighted by atomic mass is 127. The first kappa shape index (κ1) is 24.7. The van der Waals surface area contributed by atoms with Gasteiger partial charge in [0.15, 0.2) is 11.7 Å². The van der Waals surface area contributed by atoms with E-state index >= 15 is 0 Å². The van der Waals surface area contributed by atoms with Gasteiger partial charge in [0, 0.05) is 52.9 Å². The van der Waals surface area contributed by atoms with Gasteiger partial charge in [0.05, 0.1) is 12.5 Å². The zero-order valence-electron chi connectivity index (χ0n) is 16.6. The van der Waals surface area contributed by atoms with Gasteiger partial charge < -0.3 is 19.5 Å². The lowest BCUT2D eigenvalue weighted by atomic mass is 10.3. The average Bonchev–Trinajstić information content (AvgIpc) is 3.18. The molecule has 0 aromatic carbocycles. The third-order valence-electron chi connectivity index (χ3n) is 4.50. The number of furan rings is 1. The molecule has 0 radical (unpaired) electrons. The summed E-state index contributed by atoms with van der Waals surface area (Å²) in [6, 6.07) is 3.38. The predicted octanol–water partition coefficient (Wildman–Crippen LogP) is 0.902. The second-order valence-electron chi connectivity index (χ2n) is 6.34. The fourth-order valence-corrected chi connectivity index (χ4v) is 3.95. The molecule has 9 nitrogen and oxygen atoms in total. The van der Waals surface area contributed by atoms with Crippen LogP contribution in [0.15, 0.2) is 27.8 Å². The first-order valence-corrected chi connectivity index (χ1v) is 10.9. The maximum atomic E-state index is 12.3. The summed E-state index contributed by atoms with van der Waals surface area (Å²) in [5.41, 5.74) is 0. The number of halogens is 1. The van der Waals surface area contributed by atoms with Crippen LogP contribution < -0.4 is 5.32 Å². The molecule has 1 aromatic heterocycles. The van der Waals surface area contributed by atoms with Crippen LogP contribution in [0.3, 0.4) is 0 Å². The van der Waals surface area contributed by atoms with Gasteiger partial charge >= 0.3 is 0 Å². The highest BCUT2D eigenvalue weighted by Crippen LogP contribution is 2.09. The number of carbonyl (C=O) groups excluding carboxylic acids is 1. The Morgan fingerprint density at radius 3 is 2.43 bits per heavy atom. The number of nitrogens with zero attached hydrogens (tertiary/aromatic N) is 4. The van der Waals surface area contributed by atoms with Crippen LogP contribution in [0, 0.1) is 0 Å². The second kappa shape index (κ2) is 11.6. The SMILES string of the molecule is CCN(CCCNC(=NC)N1CCN(C(=O)c2ccco2)CC1)S(C)(=O)=O.I. The monoisotopic (exact) mass is 527 g/mol. The lowest BCUT2D eigenvalue weighted by Gasteiger charge is -2.36. The summed E-state index contributed by atoms with van der Waals surface area (Å²) in [4.78, 5) is 20.5. The molecule has 0 spiro atoms. The van der Waals surface area contributed by atoms with Crippen molar-refractivity contribution in [2.45, 2.75) is 13.3 Å². The van der Waals surface area contributed by atoms with Gasteiger partial charge in [-0.1, -0.05) is 6.92 Å². The quantitative estimate of drug-likeness (QED) is 0.245. The van der Waals surface area contributed by atoms with E-state index in [1.165, 1.54) is 16.8 Å². The van der Waals surface area contributed by atoms with Crippen molar-refractivity contribution in [3.63, 3.8) is 0 Å². The molecule has 2 rings (SSSR count). The van der Waals surface area contributed by atoms with E-state index < -0.39 is 10.0 Å². The number of hydrogen-bond acceptors (Lipinski definition) is 5. The van der Waals surface area contributed by atoms with Crippen LogP contribution >= 0.6 is 24.0 Å². The van der Waals surface area contributed by atoms with Crippen LogP contribution in [0.1, 0.15) is 23.9 Å². The Morgan fingerprint density at radius 2 is 1.93 bits per heavy atom. The van der Waals surface area contributed by atoms with Gasteiger partial charge in [-0.25, -0.2) is 12.7 Å². The summed E-state index contributed by atoms with van der Waals surface area (Å²) in [6.07, 6.45) is 3.42. The van der Waals surface area contributed by atoms with E-state index in [0.717, 1.165) is 5.96 Å². The lowest BCUT2D eigenvalue weighted by molar-refractivity contribution is 0.0657. The van der Waals surface area contributed by atoms with E-state index in [4.69, 9.17) is 4.42 Å². The maximum Gasteiger partial charge on any atom is 0.289 e. The molecule has 0 atom stereocenters. The van der Waals surface area contributed by atoms with Gasteiger partial charge in [0.1, 0.15) is 0 Å². The number of hydrogen-bond donors (Lipinski definition) is 1. The molecule has 28 heavy (non-hydrogen) atoms. The van der Waals surface area contributed by atoms with Crippen LogP contribution in [0.2, 0.25) is 0 Å². The van der Waals surface area contributed by atoms with Crippen LogP contribution in [0.4, 0.5) is 0 Å². The Kier molecular flexibility index (Phi) is 10.2. The molecule has 0 unspecified atom stereocenters. The Balaban J connectivity index is 0.00000392. The van der Waals surface area contributed by atoms with E-state index in [9.17, 15) is 13.2 Å². The lowest BCUT2D eigenvalue weighted by Crippen LogP contribution is -2.54. The zero-order valence-corrected chi connectivity index (χ0v) is 19.8. The number of amides is 1. The topological polar surface area (TPSA) is 98.5 Å². The van der Waals surface area contributed by atoms with Gasteiger partial charge in [-0.05, 0) is 18.6 Å². The third-order valence-corrected chi connectivity index (χ3v) is 5.88. The fourth-order valence-electron chi connectivity index (χ4n) is 3.02. The molecule has 0 aliphatic carbocycles. The van der Waals surface area contributed by atoms with Crippen molar-refractivity contribution >= 4 is 45.9 Å². The Bertz CT molecular complexity index is 731. The van der Waals surface area contributed by atoms with E-state index in [2.05, 4.69) is 15.2 Å². The number of nitrogens with one attached hydrogen (secondary N) is 1. The van der Waals surface area contributed by atoms with Crippen molar-refractivity contribution in [2.75, 3.05) is 59.1 Å². The molecule has 1 aliphatic heterocycles. The molecule has 1 aliphatic rings. The highest BCUT2D eigenvalue weighted by molar-refractivity contribution is 14.0. The predicted molar refractivity (Wildman–Crippen MR) is 120 cm³/mol. The van der Waals surface area contributed by atoms with Crippen molar-refractivity contribution in [3.8, 4) is 0 Å². The number of sulfonamides is 1. The number of piperazine rings is 1. The van der Waals surface area contributed by atoms with Crippen molar-refractivity contribution in [2.24, 2.45) is 4.99 Å². The summed E-state index contributed by atoms with van der Waals surface area (Å²) in [6.45, 7) is 5.95. The highest BCUT2D eigenvalue weighted by Gasteiger charge is 2.25. The van der Waals surface area contributed by atoms with E-state index in [1.807, 2.05) is 6.92 Å². The molecule has 1 saturated heterocycles. The number of rotatable bonds is 7. The molecule has 1 N–H and O–H groups in total. The van der Waals surface area contributed by atoms with E-state index in [1.54, 1.807) is 24.1 Å². The molecule has 1 aromatic rings. The van der Waals surface area contributed by atoms with Gasteiger partial charge in [-0.2, -0.15) is 0 Å². The summed E-state index contributed by atoms with van der Waals surface area (Å²) in [5.74, 6) is 1.03. The number of carbonyl (C=O) groups is 1. The average molecular weight is 527 g/mol. The van der Waals surface area contributed by atoms with E-state index in [0.29, 0.717) is 58.0 Å². The fraction of sp³-hybridized carbons (Fsp3) is 0.647. The largest absolute Gasteiger partial charge is 0.459 e. The normalized spacial score (nSPS) is 15.5. The maximum absolute atomic E-state index is 12.3. The zero-order chi connectivity index (χ0) is 19.9. The van der Waals surface area contributed by atoms with Gasteiger partial charge in [0.2, 0.25) is 10.0 Å². The Hall–Kier alpha value is -1.34. The van der Waals surface area contributed by atoms with Crippen molar-refractivity contribution < 1.29 is 17.6 Å². The summed E-state index contributed by atoms with van der Waals surface area (Å²) < 4.78 is 29.8. The minimum absolute atomic E-state index is 0. The third kappa shape index (κ3) is 6.92. The number of aliphatic imine (C=N–C) groups is 1. The van der Waals surface area contributed by atoms with Crippen molar-refractivity contribution in [1.82, 2.24) is 19.4 Å². The molecular weight excluding hydrogens is 497 g/mol. The van der Waals surface area contributed by atoms with Crippen LogP contribution in [0.25, 0.3) is 0 Å².